The minimum atomic E-state index is -3.84. The maximum atomic E-state index is 13.0. The first kappa shape index (κ1) is 22.2. The van der Waals surface area contributed by atoms with E-state index in [1.165, 1.54) is 33.4 Å². The molecule has 0 heterocycles. The number of para-hydroxylation sites is 1. The normalized spacial score (nSPS) is 11.0. The molecule has 1 N–H and O–H groups in total. The van der Waals surface area contributed by atoms with Crippen molar-refractivity contribution < 1.29 is 22.7 Å². The highest BCUT2D eigenvalue weighted by atomic mass is 32.2. The van der Waals surface area contributed by atoms with E-state index in [1.807, 2.05) is 31.2 Å². The fourth-order valence-electron chi connectivity index (χ4n) is 3.00. The molecule has 7 nitrogen and oxygen atoms in total. The monoisotopic (exact) mass is 440 g/mol. The predicted octanol–water partition coefficient (Wildman–Crippen LogP) is 4.09. The highest BCUT2D eigenvalue weighted by molar-refractivity contribution is 7.92. The van der Waals surface area contributed by atoms with Gasteiger partial charge in [-0.2, -0.15) is 0 Å². The Morgan fingerprint density at radius 1 is 0.903 bits per heavy atom. The average molecular weight is 441 g/mol. The molecule has 3 aromatic rings. The Morgan fingerprint density at radius 2 is 1.55 bits per heavy atom. The molecule has 0 saturated carbocycles. The third kappa shape index (κ3) is 4.64. The lowest BCUT2D eigenvalue weighted by atomic mass is 10.1. The molecule has 0 aliphatic heterocycles. The summed E-state index contributed by atoms with van der Waals surface area (Å²) in [7, 11) is 0.537. The SMILES string of the molecule is COc1ccc(S(=O)(=O)N(C)c2ccc(C(=O)Nc3ccccc3C)cc2)cc1OC. The lowest BCUT2D eigenvalue weighted by Gasteiger charge is -2.20. The first-order valence-electron chi connectivity index (χ1n) is 9.46. The van der Waals surface area contributed by atoms with E-state index in [9.17, 15) is 13.2 Å². The number of hydrogen-bond acceptors (Lipinski definition) is 5. The van der Waals surface area contributed by atoms with Gasteiger partial charge in [-0.1, -0.05) is 18.2 Å². The number of carbonyl (C=O) groups excluding carboxylic acids is 1. The van der Waals surface area contributed by atoms with Crippen molar-refractivity contribution in [2.75, 3.05) is 30.9 Å². The van der Waals surface area contributed by atoms with Crippen molar-refractivity contribution in [3.63, 3.8) is 0 Å². The largest absolute Gasteiger partial charge is 0.493 e. The molecule has 8 heteroatoms. The number of sulfonamides is 1. The van der Waals surface area contributed by atoms with Gasteiger partial charge in [-0.3, -0.25) is 9.10 Å². The van der Waals surface area contributed by atoms with E-state index in [-0.39, 0.29) is 10.8 Å². The zero-order chi connectivity index (χ0) is 22.6. The molecule has 3 aromatic carbocycles. The second-order valence-corrected chi connectivity index (χ2v) is 8.77. The third-order valence-corrected chi connectivity index (χ3v) is 6.68. The fourth-order valence-corrected chi connectivity index (χ4v) is 4.22. The molecular weight excluding hydrogens is 416 g/mol. The van der Waals surface area contributed by atoms with Gasteiger partial charge in [0.1, 0.15) is 0 Å². The van der Waals surface area contributed by atoms with Crippen LogP contribution in [0.5, 0.6) is 11.5 Å². The van der Waals surface area contributed by atoms with E-state index >= 15 is 0 Å². The van der Waals surface area contributed by atoms with Gasteiger partial charge in [-0.05, 0) is 55.0 Å². The Kier molecular flexibility index (Phi) is 6.50. The highest BCUT2D eigenvalue weighted by Crippen LogP contribution is 2.31. The van der Waals surface area contributed by atoms with Gasteiger partial charge >= 0.3 is 0 Å². The number of anilines is 2. The van der Waals surface area contributed by atoms with E-state index in [4.69, 9.17) is 9.47 Å². The van der Waals surface area contributed by atoms with Crippen LogP contribution in [0.3, 0.4) is 0 Å². The number of benzene rings is 3. The van der Waals surface area contributed by atoms with Crippen LogP contribution in [0.2, 0.25) is 0 Å². The quantitative estimate of drug-likeness (QED) is 0.598. The Morgan fingerprint density at radius 3 is 2.16 bits per heavy atom. The van der Waals surface area contributed by atoms with Crippen molar-refractivity contribution in [1.82, 2.24) is 0 Å². The number of ether oxygens (including phenoxy) is 2. The number of hydrogen-bond donors (Lipinski definition) is 1. The zero-order valence-corrected chi connectivity index (χ0v) is 18.6. The second-order valence-electron chi connectivity index (χ2n) is 6.81. The molecule has 0 aromatic heterocycles. The standard InChI is InChI=1S/C23H24N2O5S/c1-16-7-5-6-8-20(16)24-23(26)17-9-11-18(12-10-17)25(2)31(27,28)19-13-14-21(29-3)22(15-19)30-4/h5-15H,1-4H3,(H,24,26). The van der Waals surface area contributed by atoms with Crippen molar-refractivity contribution in [2.24, 2.45) is 0 Å². The van der Waals surface area contributed by atoms with Gasteiger partial charge in [0.25, 0.3) is 15.9 Å². The van der Waals surface area contributed by atoms with Crippen LogP contribution >= 0.6 is 0 Å². The van der Waals surface area contributed by atoms with Crippen molar-refractivity contribution in [1.29, 1.82) is 0 Å². The summed E-state index contributed by atoms with van der Waals surface area (Å²) in [6, 6.07) is 18.2. The van der Waals surface area contributed by atoms with Crippen LogP contribution in [0.4, 0.5) is 11.4 Å². The summed E-state index contributed by atoms with van der Waals surface area (Å²) in [5.41, 5.74) is 2.52. The van der Waals surface area contributed by atoms with Gasteiger partial charge in [0, 0.05) is 24.4 Å². The predicted molar refractivity (Wildman–Crippen MR) is 121 cm³/mol. The van der Waals surface area contributed by atoms with Crippen molar-refractivity contribution in [3.05, 3.63) is 77.9 Å². The average Bonchev–Trinajstić information content (AvgIpc) is 2.79. The Hall–Kier alpha value is -3.52. The van der Waals surface area contributed by atoms with Crippen LogP contribution in [0.1, 0.15) is 15.9 Å². The fraction of sp³-hybridized carbons (Fsp3) is 0.174. The van der Waals surface area contributed by atoms with Crippen LogP contribution in [-0.4, -0.2) is 35.6 Å². The maximum Gasteiger partial charge on any atom is 0.264 e. The molecule has 0 aliphatic rings. The van der Waals surface area contributed by atoms with Gasteiger partial charge < -0.3 is 14.8 Å². The number of methoxy groups -OCH3 is 2. The summed E-state index contributed by atoms with van der Waals surface area (Å²) in [6.45, 7) is 1.91. The van der Waals surface area contributed by atoms with E-state index in [1.54, 1.807) is 30.3 Å². The highest BCUT2D eigenvalue weighted by Gasteiger charge is 2.23. The molecule has 0 fully saturated rings. The minimum Gasteiger partial charge on any atom is -0.493 e. The molecule has 0 aliphatic carbocycles. The van der Waals surface area contributed by atoms with Crippen LogP contribution in [-0.2, 0) is 10.0 Å². The lowest BCUT2D eigenvalue weighted by Crippen LogP contribution is -2.26. The van der Waals surface area contributed by atoms with Crippen molar-refractivity contribution in [3.8, 4) is 11.5 Å². The van der Waals surface area contributed by atoms with Gasteiger partial charge in [0.2, 0.25) is 0 Å². The molecule has 1 amide bonds. The molecule has 0 bridgehead atoms. The lowest BCUT2D eigenvalue weighted by molar-refractivity contribution is 0.102. The summed E-state index contributed by atoms with van der Waals surface area (Å²) < 4.78 is 37.6. The molecule has 0 radical (unpaired) electrons. The smallest absolute Gasteiger partial charge is 0.264 e. The molecule has 162 valence electrons. The molecule has 0 atom stereocenters. The Bertz CT molecular complexity index is 1190. The number of nitrogens with one attached hydrogen (secondary N) is 1. The summed E-state index contributed by atoms with van der Waals surface area (Å²) in [5.74, 6) is 0.486. The van der Waals surface area contributed by atoms with Gasteiger partial charge in [-0.15, -0.1) is 0 Å². The van der Waals surface area contributed by atoms with Crippen LogP contribution < -0.4 is 19.1 Å². The molecule has 0 spiro atoms. The van der Waals surface area contributed by atoms with E-state index in [0.717, 1.165) is 15.6 Å². The molecule has 0 saturated heterocycles. The summed E-state index contributed by atoms with van der Waals surface area (Å²) in [5, 5.41) is 2.86. The van der Waals surface area contributed by atoms with Gasteiger partial charge in [-0.25, -0.2) is 8.42 Å². The number of amides is 1. The maximum absolute atomic E-state index is 13.0. The van der Waals surface area contributed by atoms with E-state index in [0.29, 0.717) is 22.7 Å². The molecule has 3 rings (SSSR count). The molecule has 0 unspecified atom stereocenters. The Labute approximate surface area is 182 Å². The number of carbonyl (C=O) groups is 1. The van der Waals surface area contributed by atoms with Crippen LogP contribution in [0.25, 0.3) is 0 Å². The third-order valence-electron chi connectivity index (χ3n) is 4.90. The summed E-state index contributed by atoms with van der Waals surface area (Å²) in [6.07, 6.45) is 0. The first-order chi connectivity index (χ1) is 14.8. The molecule has 31 heavy (non-hydrogen) atoms. The van der Waals surface area contributed by atoms with Gasteiger partial charge in [0.05, 0.1) is 24.8 Å². The number of rotatable bonds is 7. The van der Waals surface area contributed by atoms with E-state index < -0.39 is 10.0 Å². The van der Waals surface area contributed by atoms with Crippen molar-refractivity contribution >= 4 is 27.3 Å². The topological polar surface area (TPSA) is 84.9 Å². The Balaban J connectivity index is 1.81. The molecular formula is C23H24N2O5S. The van der Waals surface area contributed by atoms with Crippen LogP contribution in [0.15, 0.2) is 71.6 Å². The summed E-state index contributed by atoms with van der Waals surface area (Å²) in [4.78, 5) is 12.6. The van der Waals surface area contributed by atoms with Crippen molar-refractivity contribution in [2.45, 2.75) is 11.8 Å². The minimum absolute atomic E-state index is 0.0639. The zero-order valence-electron chi connectivity index (χ0n) is 17.7. The first-order valence-corrected chi connectivity index (χ1v) is 10.9. The summed E-state index contributed by atoms with van der Waals surface area (Å²) >= 11 is 0. The van der Waals surface area contributed by atoms with E-state index in [2.05, 4.69) is 5.32 Å². The van der Waals surface area contributed by atoms with Gasteiger partial charge in [0.15, 0.2) is 11.5 Å². The van der Waals surface area contributed by atoms with Crippen LogP contribution in [0, 0.1) is 6.92 Å². The second kappa shape index (κ2) is 9.09. The number of aryl methyl sites for hydroxylation is 1. The number of nitrogens with zero attached hydrogens (tertiary/aromatic N) is 1.